The van der Waals surface area contributed by atoms with Crippen LogP contribution in [0.3, 0.4) is 0 Å². The van der Waals surface area contributed by atoms with Crippen molar-refractivity contribution in [3.8, 4) is 11.3 Å². The standard InChI is InChI=1S/C13H17FN4/c1-9(2)15-7-11-5-4-10(6-12(11)14)13-8-16-17-18(13)3/h4-6,8-9,15H,7H2,1-3H3. The minimum atomic E-state index is -0.207. The second-order valence-corrected chi connectivity index (χ2v) is 4.58. The van der Waals surface area contributed by atoms with Gasteiger partial charge >= 0.3 is 0 Å². The van der Waals surface area contributed by atoms with E-state index in [1.165, 1.54) is 6.07 Å². The van der Waals surface area contributed by atoms with E-state index in [4.69, 9.17) is 0 Å². The average Bonchev–Trinajstić information content (AvgIpc) is 2.73. The lowest BCUT2D eigenvalue weighted by Gasteiger charge is -2.10. The zero-order valence-electron chi connectivity index (χ0n) is 10.8. The molecular formula is C13H17FN4. The molecule has 0 fully saturated rings. The van der Waals surface area contributed by atoms with Crippen molar-refractivity contribution < 1.29 is 4.39 Å². The predicted molar refractivity (Wildman–Crippen MR) is 68.4 cm³/mol. The fourth-order valence-corrected chi connectivity index (χ4v) is 1.72. The van der Waals surface area contributed by atoms with Crippen molar-refractivity contribution in [1.29, 1.82) is 0 Å². The van der Waals surface area contributed by atoms with Gasteiger partial charge in [0.2, 0.25) is 0 Å². The molecule has 2 aromatic rings. The number of nitrogens with zero attached hydrogens (tertiary/aromatic N) is 3. The molecule has 0 amide bonds. The summed E-state index contributed by atoms with van der Waals surface area (Å²) < 4.78 is 15.6. The monoisotopic (exact) mass is 248 g/mol. The maximum atomic E-state index is 13.9. The van der Waals surface area contributed by atoms with Gasteiger partial charge in [-0.25, -0.2) is 9.07 Å². The predicted octanol–water partition coefficient (Wildman–Crippen LogP) is 2.12. The third-order valence-electron chi connectivity index (χ3n) is 2.76. The first-order valence-corrected chi connectivity index (χ1v) is 5.95. The minimum Gasteiger partial charge on any atom is -0.310 e. The Morgan fingerprint density at radius 1 is 1.39 bits per heavy atom. The number of benzene rings is 1. The Kier molecular flexibility index (Phi) is 3.72. The quantitative estimate of drug-likeness (QED) is 0.901. The summed E-state index contributed by atoms with van der Waals surface area (Å²) in [7, 11) is 1.79. The number of halogens is 1. The molecule has 0 saturated heterocycles. The molecule has 18 heavy (non-hydrogen) atoms. The van der Waals surface area contributed by atoms with Crippen LogP contribution in [0.25, 0.3) is 11.3 Å². The van der Waals surface area contributed by atoms with E-state index >= 15 is 0 Å². The highest BCUT2D eigenvalue weighted by Gasteiger charge is 2.08. The molecule has 0 unspecified atom stereocenters. The van der Waals surface area contributed by atoms with Crippen molar-refractivity contribution >= 4 is 0 Å². The molecule has 1 N–H and O–H groups in total. The summed E-state index contributed by atoms with van der Waals surface area (Å²) in [5.74, 6) is -0.207. The molecule has 0 radical (unpaired) electrons. The van der Waals surface area contributed by atoms with Gasteiger partial charge in [0.05, 0.1) is 11.9 Å². The van der Waals surface area contributed by atoms with Gasteiger partial charge in [0, 0.05) is 30.8 Å². The van der Waals surface area contributed by atoms with E-state index < -0.39 is 0 Å². The minimum absolute atomic E-state index is 0.207. The lowest BCUT2D eigenvalue weighted by molar-refractivity contribution is 0.553. The summed E-state index contributed by atoms with van der Waals surface area (Å²) in [5, 5.41) is 10.8. The molecule has 0 aliphatic carbocycles. The van der Waals surface area contributed by atoms with Crippen LogP contribution in [0, 0.1) is 5.82 Å². The van der Waals surface area contributed by atoms with Gasteiger partial charge in [-0.1, -0.05) is 31.2 Å². The molecule has 1 aromatic carbocycles. The van der Waals surface area contributed by atoms with Gasteiger partial charge in [0.25, 0.3) is 0 Å². The molecule has 0 atom stereocenters. The van der Waals surface area contributed by atoms with Gasteiger partial charge in [-0.05, 0) is 6.07 Å². The van der Waals surface area contributed by atoms with Crippen molar-refractivity contribution in [3.63, 3.8) is 0 Å². The molecular weight excluding hydrogens is 231 g/mol. The molecule has 0 spiro atoms. The second kappa shape index (κ2) is 5.27. The summed E-state index contributed by atoms with van der Waals surface area (Å²) >= 11 is 0. The summed E-state index contributed by atoms with van der Waals surface area (Å²) in [4.78, 5) is 0. The Morgan fingerprint density at radius 3 is 2.72 bits per heavy atom. The Hall–Kier alpha value is -1.75. The highest BCUT2D eigenvalue weighted by molar-refractivity contribution is 5.58. The van der Waals surface area contributed by atoms with Crippen LogP contribution in [0.2, 0.25) is 0 Å². The third-order valence-corrected chi connectivity index (χ3v) is 2.76. The zero-order valence-corrected chi connectivity index (χ0v) is 10.8. The van der Waals surface area contributed by atoms with Crippen LogP contribution < -0.4 is 5.32 Å². The largest absolute Gasteiger partial charge is 0.310 e. The maximum Gasteiger partial charge on any atom is 0.128 e. The van der Waals surface area contributed by atoms with Gasteiger partial charge in [-0.2, -0.15) is 0 Å². The molecule has 4 nitrogen and oxygen atoms in total. The molecule has 2 rings (SSSR count). The number of aromatic nitrogens is 3. The van der Waals surface area contributed by atoms with Crippen LogP contribution in [0.5, 0.6) is 0 Å². The third kappa shape index (κ3) is 2.73. The Labute approximate surface area is 106 Å². The van der Waals surface area contributed by atoms with Gasteiger partial charge in [0.1, 0.15) is 5.82 Å². The van der Waals surface area contributed by atoms with Gasteiger partial charge in [-0.3, -0.25) is 0 Å². The highest BCUT2D eigenvalue weighted by atomic mass is 19.1. The normalized spacial score (nSPS) is 11.2. The first-order valence-electron chi connectivity index (χ1n) is 5.95. The van der Waals surface area contributed by atoms with Crippen molar-refractivity contribution in [2.45, 2.75) is 26.4 Å². The molecule has 1 heterocycles. The van der Waals surface area contributed by atoms with Crippen LogP contribution >= 0.6 is 0 Å². The van der Waals surface area contributed by atoms with Crippen LogP contribution in [0.1, 0.15) is 19.4 Å². The number of hydrogen-bond donors (Lipinski definition) is 1. The van der Waals surface area contributed by atoms with Crippen LogP contribution in [-0.2, 0) is 13.6 Å². The lowest BCUT2D eigenvalue weighted by atomic mass is 10.1. The Balaban J connectivity index is 2.22. The topological polar surface area (TPSA) is 42.7 Å². The average molecular weight is 248 g/mol. The van der Waals surface area contributed by atoms with Gasteiger partial charge in [0.15, 0.2) is 0 Å². The van der Waals surface area contributed by atoms with Gasteiger partial charge < -0.3 is 5.32 Å². The highest BCUT2D eigenvalue weighted by Crippen LogP contribution is 2.20. The van der Waals surface area contributed by atoms with Crippen LogP contribution in [0.4, 0.5) is 4.39 Å². The van der Waals surface area contributed by atoms with E-state index in [1.54, 1.807) is 24.0 Å². The fraction of sp³-hybridized carbons (Fsp3) is 0.385. The van der Waals surface area contributed by atoms with Crippen molar-refractivity contribution in [1.82, 2.24) is 20.3 Å². The molecule has 96 valence electrons. The van der Waals surface area contributed by atoms with E-state index in [-0.39, 0.29) is 5.82 Å². The van der Waals surface area contributed by atoms with E-state index in [0.717, 1.165) is 11.3 Å². The molecule has 0 saturated carbocycles. The molecule has 1 aromatic heterocycles. The maximum absolute atomic E-state index is 13.9. The van der Waals surface area contributed by atoms with Crippen molar-refractivity contribution in [2.75, 3.05) is 0 Å². The molecule has 5 heteroatoms. The SMILES string of the molecule is CC(C)NCc1ccc(-c2cnnn2C)cc1F. The second-order valence-electron chi connectivity index (χ2n) is 4.58. The first-order chi connectivity index (χ1) is 8.58. The number of rotatable bonds is 4. The van der Waals surface area contributed by atoms with Crippen LogP contribution in [0.15, 0.2) is 24.4 Å². The summed E-state index contributed by atoms with van der Waals surface area (Å²) in [5.41, 5.74) is 2.26. The Morgan fingerprint density at radius 2 is 2.17 bits per heavy atom. The first kappa shape index (κ1) is 12.7. The van der Waals surface area contributed by atoms with E-state index in [2.05, 4.69) is 15.6 Å². The summed E-state index contributed by atoms with van der Waals surface area (Å²) in [6, 6.07) is 5.55. The van der Waals surface area contributed by atoms with Crippen molar-refractivity contribution in [3.05, 3.63) is 35.8 Å². The van der Waals surface area contributed by atoms with Crippen molar-refractivity contribution in [2.24, 2.45) is 7.05 Å². The fourth-order valence-electron chi connectivity index (χ4n) is 1.72. The smallest absolute Gasteiger partial charge is 0.128 e. The number of nitrogens with one attached hydrogen (secondary N) is 1. The van der Waals surface area contributed by atoms with Gasteiger partial charge in [-0.15, -0.1) is 5.10 Å². The van der Waals surface area contributed by atoms with E-state index in [1.807, 2.05) is 19.9 Å². The zero-order chi connectivity index (χ0) is 13.1. The molecule has 0 aliphatic rings. The lowest BCUT2D eigenvalue weighted by Crippen LogP contribution is -2.22. The summed E-state index contributed by atoms with van der Waals surface area (Å²) in [6.07, 6.45) is 1.63. The number of aryl methyl sites for hydroxylation is 1. The molecule has 0 aliphatic heterocycles. The van der Waals surface area contributed by atoms with E-state index in [0.29, 0.717) is 18.2 Å². The summed E-state index contributed by atoms with van der Waals surface area (Å²) in [6.45, 7) is 4.61. The van der Waals surface area contributed by atoms with Crippen LogP contribution in [-0.4, -0.2) is 21.0 Å². The van der Waals surface area contributed by atoms with E-state index in [9.17, 15) is 4.39 Å². The Bertz CT molecular complexity index is 534. The molecule has 0 bridgehead atoms. The number of hydrogen-bond acceptors (Lipinski definition) is 3.